The fraction of sp³-hybridized carbons (Fsp3) is 0.227. The van der Waals surface area contributed by atoms with Gasteiger partial charge in [0.25, 0.3) is 5.91 Å². The summed E-state index contributed by atoms with van der Waals surface area (Å²) in [7, 11) is 1.51. The summed E-state index contributed by atoms with van der Waals surface area (Å²) < 4.78 is 11.5. The van der Waals surface area contributed by atoms with Gasteiger partial charge in [-0.25, -0.2) is 0 Å². The van der Waals surface area contributed by atoms with Crippen molar-refractivity contribution in [1.82, 2.24) is 10.6 Å². The van der Waals surface area contributed by atoms with Crippen LogP contribution >= 0.6 is 28.1 Å². The Morgan fingerprint density at radius 3 is 2.74 bits per heavy atom. The molecule has 1 aliphatic heterocycles. The van der Waals surface area contributed by atoms with Crippen LogP contribution in [0, 0.1) is 18.3 Å². The van der Waals surface area contributed by atoms with Crippen molar-refractivity contribution < 1.29 is 14.3 Å². The highest BCUT2D eigenvalue weighted by atomic mass is 79.9. The van der Waals surface area contributed by atoms with Gasteiger partial charge in [0.15, 0.2) is 23.2 Å². The number of ether oxygens (including phenoxy) is 2. The summed E-state index contributed by atoms with van der Waals surface area (Å²) in [5.41, 5.74) is 3.59. The minimum absolute atomic E-state index is 0.118. The zero-order valence-corrected chi connectivity index (χ0v) is 19.6. The van der Waals surface area contributed by atoms with Crippen molar-refractivity contribution in [3.8, 4) is 17.6 Å². The second-order valence-electron chi connectivity index (χ2n) is 6.82. The van der Waals surface area contributed by atoms with E-state index in [2.05, 4.69) is 31.9 Å². The molecule has 0 saturated carbocycles. The molecule has 2 aromatic rings. The van der Waals surface area contributed by atoms with Gasteiger partial charge in [-0.1, -0.05) is 18.2 Å². The Hall–Kier alpha value is -3.09. The van der Waals surface area contributed by atoms with Gasteiger partial charge in [0, 0.05) is 11.4 Å². The Morgan fingerprint density at radius 2 is 2.06 bits per heavy atom. The number of carbonyl (C=O) groups excluding carboxylic acids is 1. The van der Waals surface area contributed by atoms with E-state index in [9.17, 15) is 4.79 Å². The number of thiocarbonyl (C=S) groups is 1. The molecule has 0 spiro atoms. The van der Waals surface area contributed by atoms with Gasteiger partial charge in [-0.05, 0) is 71.3 Å². The lowest BCUT2D eigenvalue weighted by atomic mass is 9.94. The molecule has 3 rings (SSSR count). The summed E-state index contributed by atoms with van der Waals surface area (Å²) in [5.74, 6) is 0.595. The van der Waals surface area contributed by atoms with Crippen molar-refractivity contribution in [3.05, 3.63) is 63.3 Å². The third-order valence-corrected chi connectivity index (χ3v) is 5.58. The molecule has 31 heavy (non-hydrogen) atoms. The van der Waals surface area contributed by atoms with Crippen LogP contribution in [-0.4, -0.2) is 24.7 Å². The second kappa shape index (κ2) is 9.81. The first-order chi connectivity index (χ1) is 14.8. The third-order valence-electron chi connectivity index (χ3n) is 4.77. The second-order valence-corrected chi connectivity index (χ2v) is 8.08. The average molecular weight is 501 g/mol. The standard InChI is InChI=1S/C22H21BrN4O3S/c1-12-6-4-5-7-16(12)26-21(28)18-13(2)25-22(31)27-19(18)14-10-15(23)20(30-9-8-24)17(11-14)29-3/h4-7,10-11,19H,9H2,1-3H3,(H,26,28)(H2,25,27,31)/t19-/m1/s1. The van der Waals surface area contributed by atoms with Gasteiger partial charge >= 0.3 is 0 Å². The molecule has 0 radical (unpaired) electrons. The van der Waals surface area contributed by atoms with E-state index in [0.717, 1.165) is 16.8 Å². The lowest BCUT2D eigenvalue weighted by molar-refractivity contribution is -0.113. The number of halogens is 1. The van der Waals surface area contributed by atoms with Crippen LogP contribution in [0.5, 0.6) is 11.5 Å². The van der Waals surface area contributed by atoms with Crippen LogP contribution in [0.1, 0.15) is 24.1 Å². The molecule has 1 amide bonds. The van der Waals surface area contributed by atoms with E-state index in [-0.39, 0.29) is 12.5 Å². The van der Waals surface area contributed by atoms with E-state index in [0.29, 0.717) is 32.4 Å². The number of anilines is 1. The molecule has 0 aromatic heterocycles. The quantitative estimate of drug-likeness (QED) is 0.513. The first kappa shape index (κ1) is 22.6. The summed E-state index contributed by atoms with van der Waals surface area (Å²) in [4.78, 5) is 13.3. The van der Waals surface area contributed by atoms with Crippen molar-refractivity contribution in [3.63, 3.8) is 0 Å². The summed E-state index contributed by atoms with van der Waals surface area (Å²) in [6.07, 6.45) is 0. The molecular weight excluding hydrogens is 480 g/mol. The molecule has 7 nitrogen and oxygen atoms in total. The minimum Gasteiger partial charge on any atom is -0.493 e. The van der Waals surface area contributed by atoms with Crippen LogP contribution in [0.3, 0.4) is 0 Å². The number of benzene rings is 2. The maximum atomic E-state index is 13.3. The molecule has 0 bridgehead atoms. The number of hydrogen-bond acceptors (Lipinski definition) is 5. The Bertz CT molecular complexity index is 1110. The number of para-hydroxylation sites is 1. The van der Waals surface area contributed by atoms with Crippen molar-refractivity contribution in [1.29, 1.82) is 5.26 Å². The normalized spacial score (nSPS) is 15.5. The van der Waals surface area contributed by atoms with Gasteiger partial charge in [0.05, 0.1) is 23.2 Å². The number of nitriles is 1. The van der Waals surface area contributed by atoms with Crippen molar-refractivity contribution in [2.24, 2.45) is 0 Å². The van der Waals surface area contributed by atoms with Crippen molar-refractivity contribution in [2.45, 2.75) is 19.9 Å². The fourth-order valence-electron chi connectivity index (χ4n) is 3.30. The number of carbonyl (C=O) groups is 1. The Morgan fingerprint density at radius 1 is 1.32 bits per heavy atom. The lowest BCUT2D eigenvalue weighted by Gasteiger charge is -2.31. The number of allylic oxidation sites excluding steroid dienone is 1. The minimum atomic E-state index is -0.520. The number of nitrogens with one attached hydrogen (secondary N) is 3. The topological polar surface area (TPSA) is 95.4 Å². The summed E-state index contributed by atoms with van der Waals surface area (Å²) >= 11 is 8.81. The molecular formula is C22H21BrN4O3S. The van der Waals surface area contributed by atoms with Crippen LogP contribution in [0.25, 0.3) is 0 Å². The van der Waals surface area contributed by atoms with Gasteiger partial charge < -0.3 is 25.4 Å². The van der Waals surface area contributed by atoms with E-state index in [1.165, 1.54) is 7.11 Å². The largest absolute Gasteiger partial charge is 0.493 e. The molecule has 0 unspecified atom stereocenters. The van der Waals surface area contributed by atoms with Crippen LogP contribution in [0.2, 0.25) is 0 Å². The predicted molar refractivity (Wildman–Crippen MR) is 126 cm³/mol. The molecule has 160 valence electrons. The van der Waals surface area contributed by atoms with Gasteiger partial charge in [0.1, 0.15) is 6.07 Å². The number of aryl methyl sites for hydroxylation is 1. The molecule has 1 aliphatic rings. The van der Waals surface area contributed by atoms with Crippen LogP contribution < -0.4 is 25.4 Å². The summed E-state index contributed by atoms with van der Waals surface area (Å²) in [6, 6.07) is 12.6. The predicted octanol–water partition coefficient (Wildman–Crippen LogP) is 4.10. The van der Waals surface area contributed by atoms with Gasteiger partial charge in [-0.3, -0.25) is 4.79 Å². The molecule has 0 aliphatic carbocycles. The molecule has 3 N–H and O–H groups in total. The van der Waals surface area contributed by atoms with Gasteiger partial charge in [-0.15, -0.1) is 0 Å². The van der Waals surface area contributed by atoms with Crippen LogP contribution in [0.15, 0.2) is 52.1 Å². The number of nitrogens with zero attached hydrogens (tertiary/aromatic N) is 1. The summed E-state index contributed by atoms with van der Waals surface area (Å²) in [6.45, 7) is 3.62. The van der Waals surface area contributed by atoms with E-state index in [4.69, 9.17) is 27.0 Å². The third kappa shape index (κ3) is 4.98. The van der Waals surface area contributed by atoms with Crippen LogP contribution in [-0.2, 0) is 4.79 Å². The lowest BCUT2D eigenvalue weighted by Crippen LogP contribution is -2.45. The van der Waals surface area contributed by atoms with E-state index < -0.39 is 6.04 Å². The Kier molecular flexibility index (Phi) is 7.15. The van der Waals surface area contributed by atoms with Gasteiger partial charge in [-0.2, -0.15) is 5.26 Å². The monoisotopic (exact) mass is 500 g/mol. The first-order valence-electron chi connectivity index (χ1n) is 9.38. The molecule has 2 aromatic carbocycles. The fourth-order valence-corrected chi connectivity index (χ4v) is 4.14. The Balaban J connectivity index is 2.02. The number of hydrogen-bond donors (Lipinski definition) is 3. The zero-order valence-electron chi connectivity index (χ0n) is 17.2. The van der Waals surface area contributed by atoms with Crippen molar-refractivity contribution >= 4 is 44.9 Å². The highest BCUT2D eigenvalue weighted by molar-refractivity contribution is 9.10. The molecule has 9 heteroatoms. The number of methoxy groups -OCH3 is 1. The van der Waals surface area contributed by atoms with E-state index >= 15 is 0 Å². The zero-order chi connectivity index (χ0) is 22.5. The van der Waals surface area contributed by atoms with Crippen LogP contribution in [0.4, 0.5) is 5.69 Å². The smallest absolute Gasteiger partial charge is 0.255 e. The maximum Gasteiger partial charge on any atom is 0.255 e. The number of rotatable bonds is 6. The van der Waals surface area contributed by atoms with Crippen molar-refractivity contribution in [2.75, 3.05) is 19.0 Å². The SMILES string of the molecule is COc1cc([C@H]2NC(=S)NC(C)=C2C(=O)Nc2ccccc2C)cc(Br)c1OCC#N. The highest BCUT2D eigenvalue weighted by Crippen LogP contribution is 2.40. The first-order valence-corrected chi connectivity index (χ1v) is 10.6. The highest BCUT2D eigenvalue weighted by Gasteiger charge is 2.31. The molecule has 1 atom stereocenters. The number of amides is 1. The maximum absolute atomic E-state index is 13.3. The van der Waals surface area contributed by atoms with E-state index in [1.807, 2.05) is 50.2 Å². The molecule has 0 fully saturated rings. The average Bonchev–Trinajstić information content (AvgIpc) is 2.73. The molecule has 0 saturated heterocycles. The molecule has 1 heterocycles. The van der Waals surface area contributed by atoms with E-state index in [1.54, 1.807) is 6.07 Å². The Labute approximate surface area is 194 Å². The van der Waals surface area contributed by atoms with Gasteiger partial charge in [0.2, 0.25) is 0 Å². The summed E-state index contributed by atoms with van der Waals surface area (Å²) in [5, 5.41) is 18.4.